The SMILES string of the molecule is O=C(O)C1C2CCC(CC2)C1Nc1cc(-c2cccs2)nc(-c2[nH]nc3nc(Cl)c(F)cc23)n1. The molecule has 174 valence electrons. The van der Waals surface area contributed by atoms with Crippen LogP contribution in [0.3, 0.4) is 0 Å². The summed E-state index contributed by atoms with van der Waals surface area (Å²) in [6.45, 7) is 0. The second kappa shape index (κ2) is 8.28. The summed E-state index contributed by atoms with van der Waals surface area (Å²) >= 11 is 7.35. The van der Waals surface area contributed by atoms with Crippen molar-refractivity contribution in [2.24, 2.45) is 17.8 Å². The summed E-state index contributed by atoms with van der Waals surface area (Å²) in [7, 11) is 0. The van der Waals surface area contributed by atoms with Gasteiger partial charge in [0.05, 0.1) is 21.9 Å². The second-order valence-electron chi connectivity index (χ2n) is 8.88. The first-order chi connectivity index (χ1) is 16.5. The van der Waals surface area contributed by atoms with Gasteiger partial charge in [0.15, 0.2) is 22.4 Å². The largest absolute Gasteiger partial charge is 0.481 e. The van der Waals surface area contributed by atoms with Crippen LogP contribution in [0, 0.1) is 23.6 Å². The standard InChI is InChI=1S/C23H20ClFN6O2S/c24-20-13(25)8-12-19(30-31-21(12)29-20)22-26-14(15-2-1-7-34-15)9-16(28-22)27-18-11-5-3-10(4-6-11)17(18)23(32)33/h1-2,7-11,17-18H,3-6H2,(H,32,33)(H,26,27,28)(H,29,30,31). The number of H-pyrrole nitrogens is 1. The zero-order valence-corrected chi connectivity index (χ0v) is 19.4. The maximum Gasteiger partial charge on any atom is 0.308 e. The van der Waals surface area contributed by atoms with E-state index in [4.69, 9.17) is 21.6 Å². The molecule has 3 aliphatic carbocycles. The third-order valence-corrected chi connectivity index (χ3v) is 8.16. The normalized spacial score (nSPS) is 23.9. The van der Waals surface area contributed by atoms with E-state index in [9.17, 15) is 14.3 Å². The van der Waals surface area contributed by atoms with Crippen LogP contribution in [-0.4, -0.2) is 42.3 Å². The lowest BCUT2D eigenvalue weighted by molar-refractivity contribution is -0.148. The molecule has 2 atom stereocenters. The molecule has 8 nitrogen and oxygen atoms in total. The maximum atomic E-state index is 14.2. The van der Waals surface area contributed by atoms with E-state index < -0.39 is 17.7 Å². The molecule has 2 bridgehead atoms. The van der Waals surface area contributed by atoms with E-state index in [0.717, 1.165) is 30.6 Å². The van der Waals surface area contributed by atoms with Crippen LogP contribution < -0.4 is 5.32 Å². The van der Waals surface area contributed by atoms with Gasteiger partial charge >= 0.3 is 5.97 Å². The molecule has 2 unspecified atom stereocenters. The number of carbonyl (C=O) groups is 1. The molecular formula is C23H20ClFN6O2S. The topological polar surface area (TPSA) is 117 Å². The minimum Gasteiger partial charge on any atom is -0.481 e. The Labute approximate surface area is 202 Å². The van der Waals surface area contributed by atoms with E-state index in [0.29, 0.717) is 28.4 Å². The van der Waals surface area contributed by atoms with Gasteiger partial charge in [-0.15, -0.1) is 11.3 Å². The minimum atomic E-state index is -0.766. The number of carboxylic acids is 1. The highest BCUT2D eigenvalue weighted by Crippen LogP contribution is 2.46. The summed E-state index contributed by atoms with van der Waals surface area (Å²) in [5.41, 5.74) is 1.36. The average Bonchev–Trinajstić information content (AvgIpc) is 3.50. The van der Waals surface area contributed by atoms with E-state index in [-0.39, 0.29) is 28.7 Å². The Morgan fingerprint density at radius 1 is 1.18 bits per heavy atom. The van der Waals surface area contributed by atoms with Crippen molar-refractivity contribution in [3.05, 3.63) is 40.6 Å². The minimum absolute atomic E-state index is 0.174. The summed E-state index contributed by atoms with van der Waals surface area (Å²) < 4.78 is 14.2. The fourth-order valence-corrected chi connectivity index (χ4v) is 6.25. The molecule has 11 heteroatoms. The Hall–Kier alpha value is -3.11. The highest BCUT2D eigenvalue weighted by molar-refractivity contribution is 7.13. The number of carboxylic acid groups (broad SMARTS) is 1. The first kappa shape index (κ1) is 21.4. The number of pyridine rings is 1. The molecule has 4 heterocycles. The summed E-state index contributed by atoms with van der Waals surface area (Å²) in [5, 5.41) is 22.5. The molecule has 4 aromatic heterocycles. The number of rotatable bonds is 5. The van der Waals surface area contributed by atoms with Gasteiger partial charge < -0.3 is 10.4 Å². The highest BCUT2D eigenvalue weighted by atomic mass is 35.5. The number of fused-ring (bicyclic) bond motifs is 4. The number of anilines is 1. The maximum absolute atomic E-state index is 14.2. The van der Waals surface area contributed by atoms with Gasteiger partial charge in [0.2, 0.25) is 0 Å². The lowest BCUT2D eigenvalue weighted by atomic mass is 9.61. The fraction of sp³-hybridized carbons (Fsp3) is 0.348. The number of aliphatic carboxylic acids is 1. The Kier molecular flexibility index (Phi) is 5.22. The van der Waals surface area contributed by atoms with Gasteiger partial charge in [0.1, 0.15) is 11.5 Å². The monoisotopic (exact) mass is 498 g/mol. The molecule has 3 N–H and O–H groups in total. The Morgan fingerprint density at radius 2 is 1.97 bits per heavy atom. The quantitative estimate of drug-likeness (QED) is 0.322. The second-order valence-corrected chi connectivity index (χ2v) is 10.2. The van der Waals surface area contributed by atoms with Crippen LogP contribution in [-0.2, 0) is 4.79 Å². The lowest BCUT2D eigenvalue weighted by Gasteiger charge is -2.47. The molecule has 4 aromatic rings. The third-order valence-electron chi connectivity index (χ3n) is 7.00. The predicted molar refractivity (Wildman–Crippen MR) is 127 cm³/mol. The van der Waals surface area contributed by atoms with Crippen LogP contribution in [0.25, 0.3) is 33.1 Å². The summed E-state index contributed by atoms with van der Waals surface area (Å²) in [6.07, 6.45) is 3.94. The third kappa shape index (κ3) is 3.61. The first-order valence-electron chi connectivity index (χ1n) is 11.1. The predicted octanol–water partition coefficient (Wildman–Crippen LogP) is 5.24. The van der Waals surface area contributed by atoms with Gasteiger partial charge in [0.25, 0.3) is 0 Å². The number of hydrogen-bond donors (Lipinski definition) is 3. The van der Waals surface area contributed by atoms with Gasteiger partial charge in [-0.1, -0.05) is 17.7 Å². The van der Waals surface area contributed by atoms with Gasteiger partial charge in [-0.05, 0) is 55.0 Å². The van der Waals surface area contributed by atoms with Crippen molar-refractivity contribution in [2.75, 3.05) is 5.32 Å². The number of thiophene rings is 1. The fourth-order valence-electron chi connectivity index (χ4n) is 5.43. The Bertz CT molecular complexity index is 1390. The van der Waals surface area contributed by atoms with Crippen molar-refractivity contribution in [3.63, 3.8) is 0 Å². The summed E-state index contributed by atoms with van der Waals surface area (Å²) in [5.74, 6) is -0.583. The highest BCUT2D eigenvalue weighted by Gasteiger charge is 2.47. The van der Waals surface area contributed by atoms with Crippen molar-refractivity contribution in [2.45, 2.75) is 31.7 Å². The zero-order valence-electron chi connectivity index (χ0n) is 17.8. The molecule has 0 aromatic carbocycles. The number of hydrogen-bond acceptors (Lipinski definition) is 7. The molecule has 3 saturated carbocycles. The van der Waals surface area contributed by atoms with Crippen molar-refractivity contribution in [1.29, 1.82) is 0 Å². The van der Waals surface area contributed by atoms with Crippen LogP contribution in [0.4, 0.5) is 10.2 Å². The number of nitrogens with zero attached hydrogens (tertiary/aromatic N) is 4. The van der Waals surface area contributed by atoms with Gasteiger partial charge in [-0.3, -0.25) is 9.89 Å². The molecule has 34 heavy (non-hydrogen) atoms. The molecule has 0 spiro atoms. The van der Waals surface area contributed by atoms with Crippen LogP contribution in [0.1, 0.15) is 25.7 Å². The van der Waals surface area contributed by atoms with E-state index in [1.54, 1.807) is 0 Å². The van der Waals surface area contributed by atoms with Crippen LogP contribution in [0.15, 0.2) is 29.6 Å². The number of nitrogens with one attached hydrogen (secondary N) is 2. The van der Waals surface area contributed by atoms with E-state index in [2.05, 4.69) is 20.5 Å². The van der Waals surface area contributed by atoms with Crippen molar-refractivity contribution >= 4 is 45.8 Å². The smallest absolute Gasteiger partial charge is 0.308 e. The zero-order chi connectivity index (χ0) is 23.4. The van der Waals surface area contributed by atoms with Gasteiger partial charge in [-0.2, -0.15) is 5.10 Å². The molecule has 0 radical (unpaired) electrons. The van der Waals surface area contributed by atoms with Crippen LogP contribution in [0.5, 0.6) is 0 Å². The molecule has 0 saturated heterocycles. The molecule has 0 amide bonds. The molecule has 3 aliphatic rings. The molecule has 3 fully saturated rings. The Balaban J connectivity index is 1.45. The molecular weight excluding hydrogens is 479 g/mol. The number of aromatic nitrogens is 5. The Morgan fingerprint density at radius 3 is 2.71 bits per heavy atom. The van der Waals surface area contributed by atoms with Crippen molar-refractivity contribution < 1.29 is 14.3 Å². The molecule has 7 rings (SSSR count). The van der Waals surface area contributed by atoms with Gasteiger partial charge in [0, 0.05) is 12.1 Å². The lowest BCUT2D eigenvalue weighted by Crippen LogP contribution is -2.51. The van der Waals surface area contributed by atoms with E-state index in [1.807, 2.05) is 23.6 Å². The van der Waals surface area contributed by atoms with Crippen LogP contribution in [0.2, 0.25) is 5.15 Å². The number of aromatic amines is 1. The van der Waals surface area contributed by atoms with Gasteiger partial charge in [-0.25, -0.2) is 19.3 Å². The summed E-state index contributed by atoms with van der Waals surface area (Å²) in [6, 6.07) is 6.78. The van der Waals surface area contributed by atoms with E-state index in [1.165, 1.54) is 17.4 Å². The first-order valence-corrected chi connectivity index (χ1v) is 12.4. The van der Waals surface area contributed by atoms with Crippen LogP contribution >= 0.6 is 22.9 Å². The van der Waals surface area contributed by atoms with E-state index >= 15 is 0 Å². The summed E-state index contributed by atoms with van der Waals surface area (Å²) in [4.78, 5) is 26.4. The molecule has 0 aliphatic heterocycles. The van der Waals surface area contributed by atoms with Crippen molar-refractivity contribution in [3.8, 4) is 22.1 Å². The van der Waals surface area contributed by atoms with Crippen molar-refractivity contribution in [1.82, 2.24) is 25.1 Å². The number of halogens is 2. The average molecular weight is 499 g/mol.